The number of benzene rings is 2. The average molecular weight is 444 g/mol. The fourth-order valence-corrected chi connectivity index (χ4v) is 4.90. The Morgan fingerprint density at radius 2 is 1.90 bits per heavy atom. The van der Waals surface area contributed by atoms with Gasteiger partial charge in [-0.25, -0.2) is 13.1 Å². The number of aryl methyl sites for hydroxylation is 1. The van der Waals surface area contributed by atoms with Crippen molar-refractivity contribution >= 4 is 15.7 Å². The highest BCUT2D eigenvalue weighted by molar-refractivity contribution is 7.89. The standard InChI is InChI=1S/C24H33N3O3S/c1-19-11-13-23(14-12-19)31(28,29)25-16-15-20(2)24(21-8-5-4-6-9-21)26-27-17-7-10-22(27)18-30-3/h4-6,8-9,11-14,20,22,25H,7,10,15-18H2,1-3H3/b26-24-/t20-,22-/m0/s1. The van der Waals surface area contributed by atoms with Crippen LogP contribution in [0.3, 0.4) is 0 Å². The van der Waals surface area contributed by atoms with Gasteiger partial charge < -0.3 is 4.74 Å². The first-order chi connectivity index (χ1) is 14.9. The first-order valence-electron chi connectivity index (χ1n) is 10.9. The van der Waals surface area contributed by atoms with E-state index in [2.05, 4.69) is 28.8 Å². The second-order valence-corrected chi connectivity index (χ2v) is 9.93. The summed E-state index contributed by atoms with van der Waals surface area (Å²) in [5.74, 6) is 0.0897. The number of rotatable bonds is 10. The van der Waals surface area contributed by atoms with E-state index in [9.17, 15) is 8.42 Å². The van der Waals surface area contributed by atoms with Crippen molar-refractivity contribution in [1.29, 1.82) is 0 Å². The van der Waals surface area contributed by atoms with Gasteiger partial charge in [-0.3, -0.25) is 5.01 Å². The van der Waals surface area contributed by atoms with Crippen molar-refractivity contribution in [3.05, 3.63) is 65.7 Å². The first kappa shape index (κ1) is 23.4. The number of hydrogen-bond acceptors (Lipinski definition) is 5. The van der Waals surface area contributed by atoms with E-state index < -0.39 is 10.0 Å². The van der Waals surface area contributed by atoms with Gasteiger partial charge in [-0.1, -0.05) is 55.0 Å². The fraction of sp³-hybridized carbons (Fsp3) is 0.458. The summed E-state index contributed by atoms with van der Waals surface area (Å²) < 4.78 is 33.3. The molecule has 168 valence electrons. The van der Waals surface area contributed by atoms with Crippen LogP contribution in [0.4, 0.5) is 0 Å². The first-order valence-corrected chi connectivity index (χ1v) is 12.3. The minimum atomic E-state index is -3.52. The number of nitrogens with zero attached hydrogens (tertiary/aromatic N) is 2. The molecule has 0 saturated carbocycles. The molecule has 6 nitrogen and oxygen atoms in total. The number of hydrazone groups is 1. The van der Waals surface area contributed by atoms with Crippen LogP contribution in [-0.4, -0.2) is 52.0 Å². The van der Waals surface area contributed by atoms with Crippen LogP contribution in [0.15, 0.2) is 64.6 Å². The van der Waals surface area contributed by atoms with E-state index in [-0.39, 0.29) is 12.0 Å². The third kappa shape index (κ3) is 6.38. The summed E-state index contributed by atoms with van der Waals surface area (Å²) in [5.41, 5.74) is 3.09. The molecule has 31 heavy (non-hydrogen) atoms. The molecule has 1 saturated heterocycles. The lowest BCUT2D eigenvalue weighted by Crippen LogP contribution is -2.32. The Hall–Kier alpha value is -2.22. The fourth-order valence-electron chi connectivity index (χ4n) is 3.85. The van der Waals surface area contributed by atoms with Gasteiger partial charge in [0.1, 0.15) is 0 Å². The molecule has 2 aromatic rings. The Kier molecular flexibility index (Phi) is 8.23. The zero-order valence-corrected chi connectivity index (χ0v) is 19.4. The van der Waals surface area contributed by atoms with E-state index in [0.717, 1.165) is 36.2 Å². The van der Waals surface area contributed by atoms with Crippen LogP contribution >= 0.6 is 0 Å². The predicted molar refractivity (Wildman–Crippen MR) is 125 cm³/mol. The molecule has 7 heteroatoms. The molecule has 0 bridgehead atoms. The van der Waals surface area contributed by atoms with E-state index in [1.165, 1.54) is 0 Å². The summed E-state index contributed by atoms with van der Waals surface area (Å²) in [4.78, 5) is 0.294. The average Bonchev–Trinajstić information content (AvgIpc) is 3.20. The normalized spacial score (nSPS) is 18.4. The second-order valence-electron chi connectivity index (χ2n) is 8.17. The van der Waals surface area contributed by atoms with Crippen molar-refractivity contribution in [2.45, 2.75) is 44.0 Å². The molecule has 0 aromatic heterocycles. The van der Waals surface area contributed by atoms with Crippen molar-refractivity contribution in [2.75, 3.05) is 26.8 Å². The summed E-state index contributed by atoms with van der Waals surface area (Å²) in [7, 11) is -1.80. The smallest absolute Gasteiger partial charge is 0.240 e. The van der Waals surface area contributed by atoms with E-state index in [1.54, 1.807) is 19.2 Å². The van der Waals surface area contributed by atoms with Gasteiger partial charge in [0.05, 0.1) is 23.3 Å². The number of methoxy groups -OCH3 is 1. The van der Waals surface area contributed by atoms with Crippen molar-refractivity contribution < 1.29 is 13.2 Å². The lowest BCUT2D eigenvalue weighted by Gasteiger charge is -2.24. The molecule has 3 rings (SSSR count). The van der Waals surface area contributed by atoms with Crippen molar-refractivity contribution in [1.82, 2.24) is 9.73 Å². The molecule has 1 aliphatic rings. The Bertz CT molecular complexity index is 959. The highest BCUT2D eigenvalue weighted by Gasteiger charge is 2.25. The number of sulfonamides is 1. The highest BCUT2D eigenvalue weighted by Crippen LogP contribution is 2.21. The predicted octanol–water partition coefficient (Wildman–Crippen LogP) is 3.81. The number of nitrogens with one attached hydrogen (secondary N) is 1. The zero-order valence-electron chi connectivity index (χ0n) is 18.6. The Balaban J connectivity index is 1.71. The molecule has 2 aromatic carbocycles. The van der Waals surface area contributed by atoms with Crippen molar-refractivity contribution in [2.24, 2.45) is 11.0 Å². The molecular formula is C24H33N3O3S. The molecule has 0 aliphatic carbocycles. The van der Waals surface area contributed by atoms with Crippen LogP contribution in [-0.2, 0) is 14.8 Å². The van der Waals surface area contributed by atoms with E-state index >= 15 is 0 Å². The molecule has 1 N–H and O–H groups in total. The summed E-state index contributed by atoms with van der Waals surface area (Å²) in [5, 5.41) is 7.16. The molecular weight excluding hydrogens is 410 g/mol. The van der Waals surface area contributed by atoms with Crippen molar-refractivity contribution in [3.63, 3.8) is 0 Å². The van der Waals surface area contributed by atoms with Gasteiger partial charge in [0.2, 0.25) is 10.0 Å². The molecule has 0 amide bonds. The summed E-state index contributed by atoms with van der Waals surface area (Å²) in [6.45, 7) is 5.97. The van der Waals surface area contributed by atoms with E-state index in [0.29, 0.717) is 24.5 Å². The second kappa shape index (κ2) is 10.9. The van der Waals surface area contributed by atoms with Gasteiger partial charge in [0.15, 0.2) is 0 Å². The lowest BCUT2D eigenvalue weighted by atomic mass is 9.95. The van der Waals surface area contributed by atoms with Gasteiger partial charge in [-0.2, -0.15) is 5.10 Å². The largest absolute Gasteiger partial charge is 0.382 e. The van der Waals surface area contributed by atoms with Crippen LogP contribution in [0.1, 0.15) is 37.3 Å². The number of ether oxygens (including phenoxy) is 1. The molecule has 1 fully saturated rings. The van der Waals surface area contributed by atoms with Gasteiger partial charge in [0, 0.05) is 26.1 Å². The van der Waals surface area contributed by atoms with Crippen LogP contribution in [0.25, 0.3) is 0 Å². The minimum Gasteiger partial charge on any atom is -0.382 e. The molecule has 1 heterocycles. The Morgan fingerprint density at radius 1 is 1.19 bits per heavy atom. The van der Waals surface area contributed by atoms with E-state index in [1.807, 2.05) is 37.3 Å². The monoisotopic (exact) mass is 443 g/mol. The maximum Gasteiger partial charge on any atom is 0.240 e. The minimum absolute atomic E-state index is 0.0897. The lowest BCUT2D eigenvalue weighted by molar-refractivity contribution is 0.117. The quantitative estimate of drug-likeness (QED) is 0.567. The Labute approximate surface area is 186 Å². The molecule has 0 spiro atoms. The topological polar surface area (TPSA) is 71.0 Å². The van der Waals surface area contributed by atoms with Gasteiger partial charge >= 0.3 is 0 Å². The number of hydrogen-bond donors (Lipinski definition) is 1. The zero-order chi connectivity index (χ0) is 22.3. The third-order valence-electron chi connectivity index (χ3n) is 5.68. The van der Waals surface area contributed by atoms with Crippen LogP contribution in [0, 0.1) is 12.8 Å². The summed E-state index contributed by atoms with van der Waals surface area (Å²) in [6, 6.07) is 17.3. The highest BCUT2D eigenvalue weighted by atomic mass is 32.2. The van der Waals surface area contributed by atoms with E-state index in [4.69, 9.17) is 9.84 Å². The maximum absolute atomic E-state index is 12.6. The van der Waals surface area contributed by atoms with Gasteiger partial charge in [-0.05, 0) is 43.9 Å². The van der Waals surface area contributed by atoms with Crippen molar-refractivity contribution in [3.8, 4) is 0 Å². The maximum atomic E-state index is 12.6. The molecule has 2 atom stereocenters. The molecule has 0 unspecified atom stereocenters. The summed E-state index contributed by atoms with van der Waals surface area (Å²) >= 11 is 0. The van der Waals surface area contributed by atoms with Crippen LogP contribution in [0.5, 0.6) is 0 Å². The SMILES string of the molecule is COC[C@@H]1CCCN1/N=C(\c1ccccc1)[C@@H](C)CCNS(=O)(=O)c1ccc(C)cc1. The van der Waals surface area contributed by atoms with Crippen LogP contribution in [0.2, 0.25) is 0 Å². The van der Waals surface area contributed by atoms with Crippen LogP contribution < -0.4 is 4.72 Å². The van der Waals surface area contributed by atoms with Gasteiger partial charge in [-0.15, -0.1) is 0 Å². The molecule has 0 radical (unpaired) electrons. The Morgan fingerprint density at radius 3 is 2.58 bits per heavy atom. The van der Waals surface area contributed by atoms with Gasteiger partial charge in [0.25, 0.3) is 0 Å². The third-order valence-corrected chi connectivity index (χ3v) is 7.16. The molecule has 1 aliphatic heterocycles. The summed E-state index contributed by atoms with van der Waals surface area (Å²) in [6.07, 6.45) is 2.83.